The topological polar surface area (TPSA) is 129 Å². The Labute approximate surface area is 212 Å². The molecule has 0 saturated carbocycles. The number of rotatable bonds is 5. The molecule has 1 atom stereocenters. The summed E-state index contributed by atoms with van der Waals surface area (Å²) < 4.78 is 9.70. The maximum atomic E-state index is 12.3. The third-order valence-electron chi connectivity index (χ3n) is 6.68. The maximum Gasteiger partial charge on any atom is 0.246 e. The monoisotopic (exact) mass is 495 g/mol. The number of aromatic nitrogens is 7. The van der Waals surface area contributed by atoms with Gasteiger partial charge in [0.05, 0.1) is 11.4 Å². The average molecular weight is 496 g/mol. The van der Waals surface area contributed by atoms with Crippen LogP contribution < -0.4 is 10.5 Å². The van der Waals surface area contributed by atoms with Crippen molar-refractivity contribution in [2.24, 2.45) is 0 Å². The molecule has 5 heterocycles. The molecule has 0 unspecified atom stereocenters. The summed E-state index contributed by atoms with van der Waals surface area (Å²) >= 11 is 0. The van der Waals surface area contributed by atoms with Gasteiger partial charge in [-0.25, -0.2) is 24.1 Å². The number of ether oxygens (including phenoxy) is 1. The van der Waals surface area contributed by atoms with Crippen LogP contribution in [0.4, 0.5) is 5.82 Å². The Hall–Kier alpha value is -4.80. The molecule has 186 valence electrons. The van der Waals surface area contributed by atoms with Crippen LogP contribution in [0.15, 0.2) is 61.8 Å². The van der Waals surface area contributed by atoms with Crippen LogP contribution in [0.5, 0.6) is 11.5 Å². The van der Waals surface area contributed by atoms with E-state index < -0.39 is 0 Å². The van der Waals surface area contributed by atoms with Gasteiger partial charge in [0, 0.05) is 30.9 Å². The highest BCUT2D eigenvalue weighted by Crippen LogP contribution is 2.36. The molecule has 0 radical (unpaired) electrons. The Morgan fingerprint density at radius 3 is 2.92 bits per heavy atom. The van der Waals surface area contributed by atoms with Crippen LogP contribution in [0.3, 0.4) is 0 Å². The fourth-order valence-electron chi connectivity index (χ4n) is 4.83. The van der Waals surface area contributed by atoms with Gasteiger partial charge < -0.3 is 15.4 Å². The first kappa shape index (κ1) is 22.7. The molecular weight excluding hydrogens is 470 g/mol. The normalized spacial score (nSPS) is 15.8. The van der Waals surface area contributed by atoms with E-state index >= 15 is 0 Å². The van der Waals surface area contributed by atoms with Crippen molar-refractivity contribution < 1.29 is 9.53 Å². The Kier molecular flexibility index (Phi) is 5.52. The molecule has 4 aromatic heterocycles. The maximum absolute atomic E-state index is 12.3. The number of carbonyl (C=O) groups is 1. The summed E-state index contributed by atoms with van der Waals surface area (Å²) in [4.78, 5) is 27.0. The minimum atomic E-state index is -0.0788. The molecule has 1 aliphatic heterocycles. The van der Waals surface area contributed by atoms with Gasteiger partial charge in [-0.2, -0.15) is 10.2 Å². The number of fused-ring (bicyclic) bond motifs is 2. The van der Waals surface area contributed by atoms with E-state index in [1.165, 1.54) is 18.7 Å². The predicted octanol–water partition coefficient (Wildman–Crippen LogP) is 3.57. The van der Waals surface area contributed by atoms with Gasteiger partial charge in [0.2, 0.25) is 5.91 Å². The summed E-state index contributed by atoms with van der Waals surface area (Å²) in [6.07, 6.45) is 7.85. The Morgan fingerprint density at radius 1 is 1.19 bits per heavy atom. The van der Waals surface area contributed by atoms with Crippen LogP contribution in [0, 0.1) is 6.92 Å². The molecule has 1 aromatic carbocycles. The smallest absolute Gasteiger partial charge is 0.246 e. The lowest BCUT2D eigenvalue weighted by Crippen LogP contribution is -2.40. The van der Waals surface area contributed by atoms with Crippen molar-refractivity contribution in [3.05, 3.63) is 67.4 Å². The highest BCUT2D eigenvalue weighted by Gasteiger charge is 2.28. The lowest BCUT2D eigenvalue weighted by atomic mass is 10.1. The number of piperidine rings is 1. The Morgan fingerprint density at radius 2 is 2.08 bits per heavy atom. The minimum Gasteiger partial charge on any atom is -0.457 e. The van der Waals surface area contributed by atoms with Crippen molar-refractivity contribution in [1.29, 1.82) is 0 Å². The molecule has 1 fully saturated rings. The highest BCUT2D eigenvalue weighted by atomic mass is 16.5. The molecule has 0 spiro atoms. The standard InChI is InChI=1S/C26H25N9O2/c1-3-22(36)33-9-4-5-18(13-33)35-26-23(25(27)29-14-30-26)24(32-35)17-6-7-20(16(2)11-17)37-19-8-10-34-21(12-19)28-15-31-34/h3,6-8,10-12,14-15,18H,1,4-5,9,13H2,2H3,(H2,27,29,30)/t18-/m1/s1. The fraction of sp³-hybridized carbons (Fsp3) is 0.231. The summed E-state index contributed by atoms with van der Waals surface area (Å²) in [7, 11) is 0. The van der Waals surface area contributed by atoms with E-state index in [0.29, 0.717) is 52.8 Å². The van der Waals surface area contributed by atoms with Crippen LogP contribution in [-0.4, -0.2) is 58.2 Å². The van der Waals surface area contributed by atoms with E-state index in [1.54, 1.807) is 15.6 Å². The van der Waals surface area contributed by atoms with Crippen molar-refractivity contribution in [1.82, 2.24) is 39.2 Å². The number of nitrogens with zero attached hydrogens (tertiary/aromatic N) is 8. The largest absolute Gasteiger partial charge is 0.457 e. The molecule has 2 N–H and O–H groups in total. The molecule has 6 rings (SSSR count). The van der Waals surface area contributed by atoms with Crippen molar-refractivity contribution in [3.8, 4) is 22.8 Å². The van der Waals surface area contributed by atoms with Gasteiger partial charge in [-0.05, 0) is 55.7 Å². The first-order valence-corrected chi connectivity index (χ1v) is 12.0. The molecule has 1 amide bonds. The van der Waals surface area contributed by atoms with Crippen LogP contribution in [-0.2, 0) is 4.79 Å². The number of carbonyl (C=O) groups excluding carboxylic acids is 1. The predicted molar refractivity (Wildman–Crippen MR) is 138 cm³/mol. The number of nitrogens with two attached hydrogens (primary N) is 1. The van der Waals surface area contributed by atoms with Gasteiger partial charge in [0.15, 0.2) is 11.3 Å². The number of hydrogen-bond donors (Lipinski definition) is 1. The van der Waals surface area contributed by atoms with Gasteiger partial charge >= 0.3 is 0 Å². The summed E-state index contributed by atoms with van der Waals surface area (Å²) in [6.45, 7) is 6.84. The molecule has 1 saturated heterocycles. The molecule has 11 nitrogen and oxygen atoms in total. The van der Waals surface area contributed by atoms with Gasteiger partial charge in [-0.3, -0.25) is 4.79 Å². The van der Waals surface area contributed by atoms with Crippen LogP contribution in [0.25, 0.3) is 27.9 Å². The molecule has 37 heavy (non-hydrogen) atoms. The van der Waals surface area contributed by atoms with Gasteiger partial charge in [-0.1, -0.05) is 6.58 Å². The lowest BCUT2D eigenvalue weighted by molar-refractivity contribution is -0.127. The second-order valence-electron chi connectivity index (χ2n) is 9.04. The van der Waals surface area contributed by atoms with E-state index in [0.717, 1.165) is 24.0 Å². The van der Waals surface area contributed by atoms with Crippen LogP contribution in [0.2, 0.25) is 0 Å². The van der Waals surface area contributed by atoms with Gasteiger partial charge in [0.1, 0.15) is 35.7 Å². The van der Waals surface area contributed by atoms with Gasteiger partial charge in [-0.15, -0.1) is 0 Å². The second kappa shape index (κ2) is 9.01. The van der Waals surface area contributed by atoms with E-state index in [4.69, 9.17) is 15.6 Å². The Balaban J connectivity index is 1.36. The van der Waals surface area contributed by atoms with Crippen molar-refractivity contribution >= 4 is 28.4 Å². The first-order chi connectivity index (χ1) is 18.0. The molecular formula is C26H25N9O2. The van der Waals surface area contributed by atoms with Crippen molar-refractivity contribution in [3.63, 3.8) is 0 Å². The van der Waals surface area contributed by atoms with E-state index in [2.05, 4.69) is 26.6 Å². The number of hydrogen-bond acceptors (Lipinski definition) is 8. The molecule has 0 aliphatic carbocycles. The van der Waals surface area contributed by atoms with Crippen LogP contribution >= 0.6 is 0 Å². The van der Waals surface area contributed by atoms with E-state index in [-0.39, 0.29) is 11.9 Å². The molecule has 1 aliphatic rings. The third kappa shape index (κ3) is 4.03. The van der Waals surface area contributed by atoms with Crippen LogP contribution in [0.1, 0.15) is 24.4 Å². The molecule has 5 aromatic rings. The zero-order valence-electron chi connectivity index (χ0n) is 20.3. The summed E-state index contributed by atoms with van der Waals surface area (Å²) in [5.74, 6) is 1.66. The number of benzene rings is 1. The van der Waals surface area contributed by atoms with E-state index in [1.807, 2.05) is 41.9 Å². The lowest BCUT2D eigenvalue weighted by Gasteiger charge is -2.32. The number of nitrogen functional groups attached to an aromatic ring is 1. The third-order valence-corrected chi connectivity index (χ3v) is 6.68. The summed E-state index contributed by atoms with van der Waals surface area (Å²) in [5.41, 5.74) is 10.2. The second-order valence-corrected chi connectivity index (χ2v) is 9.04. The summed E-state index contributed by atoms with van der Waals surface area (Å²) in [6, 6.07) is 9.52. The number of amides is 1. The first-order valence-electron chi connectivity index (χ1n) is 12.0. The number of anilines is 1. The highest BCUT2D eigenvalue weighted by molar-refractivity contribution is 5.98. The SMILES string of the molecule is C=CC(=O)N1CCC[C@@H](n2nc(-c3ccc(Oc4ccn5ncnc5c4)c(C)c3)c3c(N)ncnc32)C1. The van der Waals surface area contributed by atoms with Crippen molar-refractivity contribution in [2.75, 3.05) is 18.8 Å². The van der Waals surface area contributed by atoms with E-state index in [9.17, 15) is 4.79 Å². The fourth-order valence-corrected chi connectivity index (χ4v) is 4.83. The van der Waals surface area contributed by atoms with Gasteiger partial charge in [0.25, 0.3) is 0 Å². The average Bonchev–Trinajstić information content (AvgIpc) is 3.55. The zero-order valence-corrected chi connectivity index (χ0v) is 20.3. The quantitative estimate of drug-likeness (QED) is 0.366. The summed E-state index contributed by atoms with van der Waals surface area (Å²) in [5, 5.41) is 9.76. The molecule has 0 bridgehead atoms. The number of aryl methyl sites for hydroxylation is 1. The minimum absolute atomic E-state index is 0.0287. The molecule has 11 heteroatoms. The Bertz CT molecular complexity index is 1650. The number of likely N-dealkylation sites (tertiary alicyclic amines) is 1. The zero-order chi connectivity index (χ0) is 25.5. The number of pyridine rings is 1. The van der Waals surface area contributed by atoms with Crippen molar-refractivity contribution in [2.45, 2.75) is 25.8 Å².